The number of carbonyl (C=O) groups is 1. The summed E-state index contributed by atoms with van der Waals surface area (Å²) in [6, 6.07) is 14.0. The molecule has 3 aromatic rings. The molecule has 1 aromatic heterocycles. The number of thiazole rings is 1. The molecule has 28 heavy (non-hydrogen) atoms. The van der Waals surface area contributed by atoms with Gasteiger partial charge in [0.1, 0.15) is 5.82 Å². The highest BCUT2D eigenvalue weighted by atomic mass is 35.5. The summed E-state index contributed by atoms with van der Waals surface area (Å²) >= 11 is 7.69. The first-order chi connectivity index (χ1) is 13.6. The highest BCUT2D eigenvalue weighted by Crippen LogP contribution is 2.42. The van der Waals surface area contributed by atoms with Gasteiger partial charge in [-0.3, -0.25) is 4.79 Å². The maximum absolute atomic E-state index is 13.3. The molecule has 0 saturated heterocycles. The number of carbonyl (C=O) groups excluding carboxylic acids is 1. The van der Waals surface area contributed by atoms with Gasteiger partial charge in [0.05, 0.1) is 5.41 Å². The van der Waals surface area contributed by atoms with Crippen molar-refractivity contribution in [1.29, 1.82) is 0 Å². The number of aromatic nitrogens is 1. The SMILES string of the molecule is O=C(Nc1ncc(Cc2ccccc2Cl)s1)C1(c2ccc(F)cc2)CCCC1. The summed E-state index contributed by atoms with van der Waals surface area (Å²) in [6.45, 7) is 0. The molecule has 0 spiro atoms. The third kappa shape index (κ3) is 3.82. The number of amides is 1. The smallest absolute Gasteiger partial charge is 0.236 e. The molecule has 2 aromatic carbocycles. The fourth-order valence-corrected chi connectivity index (χ4v) is 4.92. The van der Waals surface area contributed by atoms with Crippen LogP contribution in [0.3, 0.4) is 0 Å². The molecule has 6 heteroatoms. The molecule has 4 rings (SSSR count). The van der Waals surface area contributed by atoms with E-state index in [1.54, 1.807) is 18.3 Å². The molecule has 0 unspecified atom stereocenters. The topological polar surface area (TPSA) is 42.0 Å². The van der Waals surface area contributed by atoms with Gasteiger partial charge >= 0.3 is 0 Å². The number of nitrogens with zero attached hydrogens (tertiary/aromatic N) is 1. The molecule has 0 aliphatic heterocycles. The van der Waals surface area contributed by atoms with Gasteiger partial charge in [-0.1, -0.05) is 54.8 Å². The fraction of sp³-hybridized carbons (Fsp3) is 0.273. The second-order valence-corrected chi connectivity index (χ2v) is 8.67. The summed E-state index contributed by atoms with van der Waals surface area (Å²) in [4.78, 5) is 18.6. The van der Waals surface area contributed by atoms with Gasteiger partial charge in [0.2, 0.25) is 5.91 Å². The number of hydrogen-bond acceptors (Lipinski definition) is 3. The van der Waals surface area contributed by atoms with Gasteiger partial charge in [-0.15, -0.1) is 11.3 Å². The van der Waals surface area contributed by atoms with Crippen molar-refractivity contribution in [1.82, 2.24) is 4.98 Å². The third-order valence-corrected chi connectivity index (χ3v) is 6.67. The average Bonchev–Trinajstić information content (AvgIpc) is 3.35. The molecule has 1 amide bonds. The van der Waals surface area contributed by atoms with Gasteiger partial charge < -0.3 is 5.32 Å². The lowest BCUT2D eigenvalue weighted by atomic mass is 9.78. The lowest BCUT2D eigenvalue weighted by molar-refractivity contribution is -0.121. The summed E-state index contributed by atoms with van der Waals surface area (Å²) in [5.74, 6) is -0.350. The Kier molecular flexibility index (Phi) is 5.47. The number of anilines is 1. The Morgan fingerprint density at radius 3 is 2.57 bits per heavy atom. The van der Waals surface area contributed by atoms with E-state index in [4.69, 9.17) is 11.6 Å². The van der Waals surface area contributed by atoms with E-state index in [0.717, 1.165) is 46.7 Å². The quantitative estimate of drug-likeness (QED) is 0.558. The molecule has 0 atom stereocenters. The monoisotopic (exact) mass is 414 g/mol. The van der Waals surface area contributed by atoms with Crippen LogP contribution in [-0.4, -0.2) is 10.9 Å². The molecule has 1 fully saturated rings. The van der Waals surface area contributed by atoms with Gasteiger partial charge in [0.15, 0.2) is 5.13 Å². The second kappa shape index (κ2) is 8.02. The van der Waals surface area contributed by atoms with Gasteiger partial charge in [0, 0.05) is 22.5 Å². The van der Waals surface area contributed by atoms with E-state index in [1.807, 2.05) is 24.3 Å². The Morgan fingerprint density at radius 2 is 1.86 bits per heavy atom. The van der Waals surface area contributed by atoms with Crippen LogP contribution in [0.25, 0.3) is 0 Å². The predicted molar refractivity (Wildman–Crippen MR) is 112 cm³/mol. The van der Waals surface area contributed by atoms with Crippen molar-refractivity contribution in [2.24, 2.45) is 0 Å². The van der Waals surface area contributed by atoms with Crippen LogP contribution in [0.5, 0.6) is 0 Å². The summed E-state index contributed by atoms with van der Waals surface area (Å²) in [5.41, 5.74) is 1.29. The van der Waals surface area contributed by atoms with Crippen LogP contribution < -0.4 is 5.32 Å². The molecule has 1 aliphatic carbocycles. The molecule has 0 bridgehead atoms. The van der Waals surface area contributed by atoms with Crippen molar-refractivity contribution >= 4 is 34.0 Å². The Hall–Kier alpha value is -2.24. The van der Waals surface area contributed by atoms with E-state index in [1.165, 1.54) is 23.5 Å². The number of nitrogens with one attached hydrogen (secondary N) is 1. The molecule has 1 aliphatic rings. The Labute approximate surface area is 172 Å². The Morgan fingerprint density at radius 1 is 1.14 bits per heavy atom. The van der Waals surface area contributed by atoms with E-state index < -0.39 is 5.41 Å². The van der Waals surface area contributed by atoms with Gasteiger partial charge in [0.25, 0.3) is 0 Å². The van der Waals surface area contributed by atoms with E-state index in [9.17, 15) is 9.18 Å². The standard InChI is InChI=1S/C22H20ClFN2OS/c23-19-6-2-1-5-15(19)13-18-14-25-21(28-18)26-20(27)22(11-3-4-12-22)16-7-9-17(24)10-8-16/h1-2,5-10,14H,3-4,11-13H2,(H,25,26,27). The fourth-order valence-electron chi connectivity index (χ4n) is 3.89. The zero-order chi connectivity index (χ0) is 19.6. The first kappa shape index (κ1) is 19.1. The first-order valence-electron chi connectivity index (χ1n) is 9.32. The minimum atomic E-state index is -0.609. The molecular formula is C22H20ClFN2OS. The highest BCUT2D eigenvalue weighted by molar-refractivity contribution is 7.15. The van der Waals surface area contributed by atoms with Crippen LogP contribution in [0.2, 0.25) is 5.02 Å². The average molecular weight is 415 g/mol. The Balaban J connectivity index is 1.52. The third-order valence-electron chi connectivity index (χ3n) is 5.39. The normalized spacial score (nSPS) is 15.5. The van der Waals surface area contributed by atoms with Crippen molar-refractivity contribution in [3.05, 3.63) is 81.6 Å². The van der Waals surface area contributed by atoms with E-state index in [2.05, 4.69) is 10.3 Å². The number of hydrogen-bond donors (Lipinski definition) is 1. The summed E-state index contributed by atoms with van der Waals surface area (Å²) in [5, 5.41) is 4.31. The molecule has 1 N–H and O–H groups in total. The number of rotatable bonds is 5. The van der Waals surface area contributed by atoms with Crippen molar-refractivity contribution in [3.63, 3.8) is 0 Å². The second-order valence-electron chi connectivity index (χ2n) is 7.15. The van der Waals surface area contributed by atoms with Crippen LogP contribution in [0.4, 0.5) is 9.52 Å². The lowest BCUT2D eigenvalue weighted by Crippen LogP contribution is -2.37. The van der Waals surface area contributed by atoms with Crippen LogP contribution >= 0.6 is 22.9 Å². The zero-order valence-electron chi connectivity index (χ0n) is 15.3. The maximum atomic E-state index is 13.3. The lowest BCUT2D eigenvalue weighted by Gasteiger charge is -2.27. The Bertz CT molecular complexity index is 980. The van der Waals surface area contributed by atoms with Crippen molar-refractivity contribution in [3.8, 4) is 0 Å². The van der Waals surface area contributed by atoms with Gasteiger partial charge in [-0.25, -0.2) is 9.37 Å². The first-order valence-corrected chi connectivity index (χ1v) is 10.5. The molecule has 1 saturated carbocycles. The van der Waals surface area contributed by atoms with Gasteiger partial charge in [-0.05, 0) is 42.2 Å². The zero-order valence-corrected chi connectivity index (χ0v) is 16.8. The van der Waals surface area contributed by atoms with Crippen molar-refractivity contribution in [2.75, 3.05) is 5.32 Å². The van der Waals surface area contributed by atoms with Gasteiger partial charge in [-0.2, -0.15) is 0 Å². The van der Waals surface area contributed by atoms with Crippen LogP contribution in [0, 0.1) is 5.82 Å². The van der Waals surface area contributed by atoms with Crippen LogP contribution in [0.15, 0.2) is 54.7 Å². The molecule has 0 radical (unpaired) electrons. The maximum Gasteiger partial charge on any atom is 0.236 e. The van der Waals surface area contributed by atoms with Crippen LogP contribution in [0.1, 0.15) is 41.7 Å². The van der Waals surface area contributed by atoms with E-state index >= 15 is 0 Å². The summed E-state index contributed by atoms with van der Waals surface area (Å²) < 4.78 is 13.3. The number of halogens is 2. The number of benzene rings is 2. The highest BCUT2D eigenvalue weighted by Gasteiger charge is 2.43. The van der Waals surface area contributed by atoms with E-state index in [0.29, 0.717) is 11.6 Å². The minimum absolute atomic E-state index is 0.0600. The van der Waals surface area contributed by atoms with Crippen molar-refractivity contribution < 1.29 is 9.18 Å². The summed E-state index contributed by atoms with van der Waals surface area (Å²) in [6.07, 6.45) is 5.96. The van der Waals surface area contributed by atoms with Crippen molar-refractivity contribution in [2.45, 2.75) is 37.5 Å². The molecule has 1 heterocycles. The molecule has 3 nitrogen and oxygen atoms in total. The largest absolute Gasteiger partial charge is 0.301 e. The predicted octanol–water partition coefficient (Wildman–Crippen LogP) is 5.98. The molecule has 144 valence electrons. The van der Waals surface area contributed by atoms with Crippen LogP contribution in [-0.2, 0) is 16.6 Å². The minimum Gasteiger partial charge on any atom is -0.301 e. The molecular weight excluding hydrogens is 395 g/mol. The van der Waals surface area contributed by atoms with E-state index in [-0.39, 0.29) is 11.7 Å². The summed E-state index contributed by atoms with van der Waals surface area (Å²) in [7, 11) is 0.